The summed E-state index contributed by atoms with van der Waals surface area (Å²) < 4.78 is 11.3. The lowest BCUT2D eigenvalue weighted by molar-refractivity contribution is 0.672. The standard InChI is InChI=1S/C12H22N4OS/c1-8(18(5)17)6-7-14-12-9(2)11(13-4)15-10(3)16-12/h8H,6-7H2,1-5H3,(H2,13,14,15,16). The molecule has 2 N–H and O–H groups in total. The van der Waals surface area contributed by atoms with Gasteiger partial charge in [0.25, 0.3) is 0 Å². The van der Waals surface area contributed by atoms with Crippen molar-refractivity contribution in [3.63, 3.8) is 0 Å². The Labute approximate surface area is 111 Å². The Morgan fingerprint density at radius 1 is 1.28 bits per heavy atom. The lowest BCUT2D eigenvalue weighted by atomic mass is 10.3. The van der Waals surface area contributed by atoms with Crippen LogP contribution in [-0.2, 0) is 10.8 Å². The fourth-order valence-electron chi connectivity index (χ4n) is 1.60. The molecule has 0 spiro atoms. The highest BCUT2D eigenvalue weighted by molar-refractivity contribution is 7.84. The van der Waals surface area contributed by atoms with Crippen molar-refractivity contribution >= 4 is 22.4 Å². The Balaban J connectivity index is 2.67. The molecule has 1 rings (SSSR count). The summed E-state index contributed by atoms with van der Waals surface area (Å²) in [4.78, 5) is 8.70. The highest BCUT2D eigenvalue weighted by atomic mass is 32.2. The first kappa shape index (κ1) is 14.9. The zero-order valence-electron chi connectivity index (χ0n) is 11.7. The second kappa shape index (κ2) is 6.68. The number of hydrogen-bond donors (Lipinski definition) is 2. The first-order valence-corrected chi connectivity index (χ1v) is 7.67. The van der Waals surface area contributed by atoms with E-state index in [0.29, 0.717) is 0 Å². The summed E-state index contributed by atoms with van der Waals surface area (Å²) in [7, 11) is 1.08. The van der Waals surface area contributed by atoms with Gasteiger partial charge in [0.15, 0.2) is 0 Å². The molecule has 0 bridgehead atoms. The Kier molecular flexibility index (Phi) is 5.53. The van der Waals surface area contributed by atoms with Gasteiger partial charge in [-0.15, -0.1) is 0 Å². The van der Waals surface area contributed by atoms with Gasteiger partial charge in [-0.2, -0.15) is 0 Å². The maximum absolute atomic E-state index is 11.3. The van der Waals surface area contributed by atoms with E-state index < -0.39 is 10.8 Å². The van der Waals surface area contributed by atoms with Crippen molar-refractivity contribution < 1.29 is 4.21 Å². The van der Waals surface area contributed by atoms with Crippen LogP contribution in [0, 0.1) is 13.8 Å². The maximum Gasteiger partial charge on any atom is 0.134 e. The minimum Gasteiger partial charge on any atom is -0.373 e. The smallest absolute Gasteiger partial charge is 0.134 e. The quantitative estimate of drug-likeness (QED) is 0.823. The van der Waals surface area contributed by atoms with Gasteiger partial charge in [-0.25, -0.2) is 9.97 Å². The third kappa shape index (κ3) is 3.94. The van der Waals surface area contributed by atoms with Crippen molar-refractivity contribution in [3.05, 3.63) is 11.4 Å². The van der Waals surface area contributed by atoms with Gasteiger partial charge in [-0.05, 0) is 20.3 Å². The van der Waals surface area contributed by atoms with E-state index in [-0.39, 0.29) is 5.25 Å². The molecule has 5 nitrogen and oxygen atoms in total. The number of nitrogens with zero attached hydrogens (tertiary/aromatic N) is 2. The van der Waals surface area contributed by atoms with E-state index in [2.05, 4.69) is 20.6 Å². The van der Waals surface area contributed by atoms with Gasteiger partial charge in [0.1, 0.15) is 17.5 Å². The topological polar surface area (TPSA) is 66.9 Å². The molecule has 18 heavy (non-hydrogen) atoms. The number of rotatable bonds is 6. The van der Waals surface area contributed by atoms with E-state index >= 15 is 0 Å². The van der Waals surface area contributed by atoms with Crippen LogP contribution in [0.2, 0.25) is 0 Å². The largest absolute Gasteiger partial charge is 0.373 e. The summed E-state index contributed by atoms with van der Waals surface area (Å²) in [6.45, 7) is 6.61. The maximum atomic E-state index is 11.3. The van der Waals surface area contributed by atoms with E-state index in [9.17, 15) is 4.21 Å². The predicted molar refractivity (Wildman–Crippen MR) is 77.7 cm³/mol. The molecular formula is C12H22N4OS. The van der Waals surface area contributed by atoms with E-state index in [1.165, 1.54) is 0 Å². The van der Waals surface area contributed by atoms with Gasteiger partial charge < -0.3 is 10.6 Å². The summed E-state index contributed by atoms with van der Waals surface area (Å²) >= 11 is 0. The molecule has 0 aliphatic carbocycles. The molecule has 0 aromatic carbocycles. The summed E-state index contributed by atoms with van der Waals surface area (Å²) in [5.41, 5.74) is 1.01. The summed E-state index contributed by atoms with van der Waals surface area (Å²) in [6, 6.07) is 0. The minimum absolute atomic E-state index is 0.199. The molecule has 0 saturated heterocycles. The van der Waals surface area contributed by atoms with Crippen molar-refractivity contribution in [1.82, 2.24) is 9.97 Å². The number of hydrogen-bond acceptors (Lipinski definition) is 5. The fourth-order valence-corrected chi connectivity index (χ4v) is 2.05. The minimum atomic E-state index is -0.769. The van der Waals surface area contributed by atoms with Crippen LogP contribution in [0.1, 0.15) is 24.7 Å². The van der Waals surface area contributed by atoms with Crippen LogP contribution in [0.4, 0.5) is 11.6 Å². The van der Waals surface area contributed by atoms with E-state index in [0.717, 1.165) is 36.0 Å². The molecule has 6 heteroatoms. The van der Waals surface area contributed by atoms with Crippen molar-refractivity contribution in [2.75, 3.05) is 30.5 Å². The normalized spacial score (nSPS) is 14.1. The van der Waals surface area contributed by atoms with Gasteiger partial charge in [0.05, 0.1) is 0 Å². The van der Waals surface area contributed by atoms with Crippen LogP contribution < -0.4 is 10.6 Å². The molecule has 0 aliphatic heterocycles. The van der Waals surface area contributed by atoms with E-state index in [1.807, 2.05) is 27.8 Å². The zero-order valence-corrected chi connectivity index (χ0v) is 12.5. The summed E-state index contributed by atoms with van der Waals surface area (Å²) in [5, 5.41) is 6.54. The molecule has 0 aliphatic rings. The second-order valence-electron chi connectivity index (χ2n) is 4.37. The second-order valence-corrected chi connectivity index (χ2v) is 6.17. The first-order valence-electron chi connectivity index (χ1n) is 6.04. The van der Waals surface area contributed by atoms with Crippen LogP contribution in [0.25, 0.3) is 0 Å². The fraction of sp³-hybridized carbons (Fsp3) is 0.667. The van der Waals surface area contributed by atoms with Gasteiger partial charge in [0.2, 0.25) is 0 Å². The molecule has 1 heterocycles. The van der Waals surface area contributed by atoms with Crippen LogP contribution >= 0.6 is 0 Å². The molecule has 0 amide bonds. The van der Waals surface area contributed by atoms with Crippen molar-refractivity contribution in [3.8, 4) is 0 Å². The third-order valence-electron chi connectivity index (χ3n) is 2.90. The molecule has 0 radical (unpaired) electrons. The molecule has 102 valence electrons. The highest BCUT2D eigenvalue weighted by Gasteiger charge is 2.09. The molecular weight excluding hydrogens is 248 g/mol. The molecule has 1 aromatic rings. The van der Waals surface area contributed by atoms with E-state index in [4.69, 9.17) is 0 Å². The number of anilines is 2. The lowest BCUT2D eigenvalue weighted by Crippen LogP contribution is -2.16. The Morgan fingerprint density at radius 3 is 2.44 bits per heavy atom. The van der Waals surface area contributed by atoms with Gasteiger partial charge in [-0.1, -0.05) is 6.92 Å². The van der Waals surface area contributed by atoms with Gasteiger partial charge in [0, 0.05) is 41.5 Å². The first-order chi connectivity index (χ1) is 8.45. The number of nitrogens with one attached hydrogen (secondary N) is 2. The van der Waals surface area contributed by atoms with Crippen LogP contribution in [-0.4, -0.2) is 39.3 Å². The SMILES string of the molecule is CNc1nc(C)nc(NCCC(C)S(C)=O)c1C. The van der Waals surface area contributed by atoms with Gasteiger partial charge in [-0.3, -0.25) is 4.21 Å². The van der Waals surface area contributed by atoms with Crippen LogP contribution in [0.3, 0.4) is 0 Å². The number of aromatic nitrogens is 2. The predicted octanol–water partition coefficient (Wildman–Crippen LogP) is 1.70. The molecule has 0 fully saturated rings. The summed E-state index contributed by atoms with van der Waals surface area (Å²) in [6.07, 6.45) is 2.60. The van der Waals surface area contributed by atoms with E-state index in [1.54, 1.807) is 6.26 Å². The average Bonchev–Trinajstić information content (AvgIpc) is 2.32. The Morgan fingerprint density at radius 2 is 1.89 bits per heavy atom. The number of aryl methyl sites for hydroxylation is 1. The lowest BCUT2D eigenvalue weighted by Gasteiger charge is -2.14. The highest BCUT2D eigenvalue weighted by Crippen LogP contribution is 2.19. The third-order valence-corrected chi connectivity index (χ3v) is 4.27. The molecule has 0 saturated carbocycles. The van der Waals surface area contributed by atoms with Gasteiger partial charge >= 0.3 is 0 Å². The van der Waals surface area contributed by atoms with Crippen molar-refractivity contribution in [2.45, 2.75) is 32.4 Å². The van der Waals surface area contributed by atoms with Crippen molar-refractivity contribution in [2.24, 2.45) is 0 Å². The van der Waals surface area contributed by atoms with Crippen molar-refractivity contribution in [1.29, 1.82) is 0 Å². The summed E-state index contributed by atoms with van der Waals surface area (Å²) in [5.74, 6) is 2.43. The Bertz CT molecular complexity index is 436. The molecule has 2 unspecified atom stereocenters. The van der Waals surface area contributed by atoms with Crippen LogP contribution in [0.5, 0.6) is 0 Å². The average molecular weight is 270 g/mol. The molecule has 1 aromatic heterocycles. The Hall–Kier alpha value is -1.17. The molecule has 2 atom stereocenters. The van der Waals surface area contributed by atoms with Crippen LogP contribution in [0.15, 0.2) is 0 Å². The zero-order chi connectivity index (χ0) is 13.7. The monoisotopic (exact) mass is 270 g/mol.